The molecule has 1 fully saturated rings. The van der Waals surface area contributed by atoms with Crippen LogP contribution in [0.2, 0.25) is 0 Å². The van der Waals surface area contributed by atoms with Crippen molar-refractivity contribution in [3.8, 4) is 11.1 Å². The van der Waals surface area contributed by atoms with Gasteiger partial charge < -0.3 is 10.2 Å². The Kier molecular flexibility index (Phi) is 5.30. The van der Waals surface area contributed by atoms with Crippen molar-refractivity contribution in [2.24, 2.45) is 0 Å². The van der Waals surface area contributed by atoms with Gasteiger partial charge in [0.05, 0.1) is 11.6 Å². The number of nitrogens with zero attached hydrogens (tertiary/aromatic N) is 1. The van der Waals surface area contributed by atoms with Crippen LogP contribution < -0.4 is 5.32 Å². The van der Waals surface area contributed by atoms with E-state index < -0.39 is 17.7 Å². The van der Waals surface area contributed by atoms with Crippen LogP contribution in [-0.2, 0) is 9.59 Å². The second kappa shape index (κ2) is 7.64. The number of hydrogen-bond donors (Lipinski definition) is 1. The van der Waals surface area contributed by atoms with E-state index in [2.05, 4.69) is 5.32 Å². The maximum absolute atomic E-state index is 13.9. The molecule has 6 heteroatoms. The minimum absolute atomic E-state index is 0.0664. The van der Waals surface area contributed by atoms with E-state index >= 15 is 0 Å². The highest BCUT2D eigenvalue weighted by atomic mass is 19.1. The van der Waals surface area contributed by atoms with Crippen molar-refractivity contribution < 1.29 is 18.4 Å². The average molecular weight is 358 g/mol. The second-order valence-corrected chi connectivity index (χ2v) is 6.45. The minimum atomic E-state index is -0.616. The molecule has 0 saturated carbocycles. The molecule has 0 spiro atoms. The molecule has 1 N–H and O–H groups in total. The highest BCUT2D eigenvalue weighted by molar-refractivity contribution is 5.84. The van der Waals surface area contributed by atoms with Gasteiger partial charge >= 0.3 is 0 Å². The molecular weight excluding hydrogens is 338 g/mol. The van der Waals surface area contributed by atoms with Crippen molar-refractivity contribution in [3.63, 3.8) is 0 Å². The lowest BCUT2D eigenvalue weighted by molar-refractivity contribution is -0.131. The summed E-state index contributed by atoms with van der Waals surface area (Å²) in [7, 11) is 0. The van der Waals surface area contributed by atoms with E-state index in [-0.39, 0.29) is 17.5 Å². The molecule has 26 heavy (non-hydrogen) atoms. The zero-order valence-electron chi connectivity index (χ0n) is 14.4. The van der Waals surface area contributed by atoms with Crippen molar-refractivity contribution in [3.05, 3.63) is 59.7 Å². The Morgan fingerprint density at radius 2 is 1.85 bits per heavy atom. The summed E-state index contributed by atoms with van der Waals surface area (Å²) in [5.74, 6) is -1.42. The predicted octanol–water partition coefficient (Wildman–Crippen LogP) is 3.43. The number of benzene rings is 2. The van der Waals surface area contributed by atoms with Crippen molar-refractivity contribution >= 4 is 12.3 Å². The van der Waals surface area contributed by atoms with Crippen LogP contribution in [0.1, 0.15) is 31.4 Å². The van der Waals surface area contributed by atoms with Crippen LogP contribution >= 0.6 is 0 Å². The Morgan fingerprint density at radius 3 is 2.46 bits per heavy atom. The highest BCUT2D eigenvalue weighted by Gasteiger charge is 2.30. The van der Waals surface area contributed by atoms with Gasteiger partial charge in [0.1, 0.15) is 17.7 Å². The maximum Gasteiger partial charge on any atom is 0.243 e. The third-order valence-corrected chi connectivity index (χ3v) is 4.75. The molecule has 136 valence electrons. The van der Waals surface area contributed by atoms with E-state index in [1.807, 2.05) is 6.92 Å². The fraction of sp³-hybridized carbons (Fsp3) is 0.300. The van der Waals surface area contributed by atoms with Gasteiger partial charge in [0, 0.05) is 6.54 Å². The molecule has 3 rings (SSSR count). The van der Waals surface area contributed by atoms with Crippen LogP contribution in [0.5, 0.6) is 0 Å². The van der Waals surface area contributed by atoms with Crippen LogP contribution in [-0.4, -0.2) is 29.8 Å². The first-order chi connectivity index (χ1) is 12.5. The molecule has 4 nitrogen and oxygen atoms in total. The maximum atomic E-state index is 13.9. The normalized spacial score (nSPS) is 17.8. The van der Waals surface area contributed by atoms with Gasteiger partial charge in [-0.05, 0) is 43.0 Å². The zero-order valence-corrected chi connectivity index (χ0v) is 14.4. The van der Waals surface area contributed by atoms with Gasteiger partial charge in [-0.15, -0.1) is 0 Å². The number of likely N-dealkylation sites (tertiary alicyclic amines) is 1. The van der Waals surface area contributed by atoms with E-state index in [9.17, 15) is 18.4 Å². The summed E-state index contributed by atoms with van der Waals surface area (Å²) in [5, 5.41) is 2.90. The average Bonchev–Trinajstić information content (AvgIpc) is 3.11. The van der Waals surface area contributed by atoms with E-state index in [0.717, 1.165) is 12.0 Å². The summed E-state index contributed by atoms with van der Waals surface area (Å²) in [6, 6.07) is 9.78. The monoisotopic (exact) mass is 358 g/mol. The van der Waals surface area contributed by atoms with Gasteiger partial charge in [-0.3, -0.25) is 9.59 Å². The summed E-state index contributed by atoms with van der Waals surface area (Å²) >= 11 is 0. The molecule has 0 aliphatic carbocycles. The number of hydrogen-bond acceptors (Lipinski definition) is 2. The number of rotatable bonds is 5. The molecule has 2 atom stereocenters. The standard InChI is InChI=1S/C20H20F2N2O2/c1-13(23-20(26)18-6-3-11-24(18)12-25)14-7-9-15(10-8-14)19-16(21)4-2-5-17(19)22/h2,4-5,7-10,12-13,18H,3,6,11H2,1H3,(H,23,26). The van der Waals surface area contributed by atoms with Crippen molar-refractivity contribution in [1.29, 1.82) is 0 Å². The van der Waals surface area contributed by atoms with Gasteiger partial charge in [-0.2, -0.15) is 0 Å². The molecule has 0 bridgehead atoms. The highest BCUT2D eigenvalue weighted by Crippen LogP contribution is 2.27. The first-order valence-electron chi connectivity index (χ1n) is 8.57. The fourth-order valence-electron chi connectivity index (χ4n) is 3.30. The first-order valence-corrected chi connectivity index (χ1v) is 8.57. The number of carbonyl (C=O) groups is 2. The molecule has 0 aromatic heterocycles. The quantitative estimate of drug-likeness (QED) is 0.833. The molecule has 1 saturated heterocycles. The molecule has 2 amide bonds. The lowest BCUT2D eigenvalue weighted by Gasteiger charge is -2.22. The molecule has 1 heterocycles. The Bertz CT molecular complexity index is 788. The van der Waals surface area contributed by atoms with E-state index in [1.165, 1.54) is 23.1 Å². The van der Waals surface area contributed by atoms with Crippen molar-refractivity contribution in [2.45, 2.75) is 31.8 Å². The molecule has 2 aromatic rings. The van der Waals surface area contributed by atoms with Crippen LogP contribution in [0.3, 0.4) is 0 Å². The van der Waals surface area contributed by atoms with Crippen LogP contribution in [0.15, 0.2) is 42.5 Å². The molecule has 2 aromatic carbocycles. The third-order valence-electron chi connectivity index (χ3n) is 4.75. The fourth-order valence-corrected chi connectivity index (χ4v) is 3.30. The summed E-state index contributed by atoms with van der Waals surface area (Å²) in [5.41, 5.74) is 1.18. The minimum Gasteiger partial charge on any atom is -0.348 e. The number of nitrogens with one attached hydrogen (secondary N) is 1. The Morgan fingerprint density at radius 1 is 1.19 bits per heavy atom. The molecular formula is C20H20F2N2O2. The zero-order chi connectivity index (χ0) is 18.7. The molecule has 0 radical (unpaired) electrons. The van der Waals surface area contributed by atoms with Crippen LogP contribution in [0.4, 0.5) is 8.78 Å². The van der Waals surface area contributed by atoms with Crippen molar-refractivity contribution in [1.82, 2.24) is 10.2 Å². The SMILES string of the molecule is CC(NC(=O)C1CCCN1C=O)c1ccc(-c2c(F)cccc2F)cc1. The van der Waals surface area contributed by atoms with Gasteiger partial charge in [0.25, 0.3) is 0 Å². The van der Waals surface area contributed by atoms with Gasteiger partial charge in [-0.1, -0.05) is 30.3 Å². The lowest BCUT2D eigenvalue weighted by Crippen LogP contribution is -2.43. The summed E-state index contributed by atoms with van der Waals surface area (Å²) < 4.78 is 27.8. The van der Waals surface area contributed by atoms with E-state index in [1.54, 1.807) is 24.3 Å². The summed E-state index contributed by atoms with van der Waals surface area (Å²) in [4.78, 5) is 24.9. The van der Waals surface area contributed by atoms with E-state index in [4.69, 9.17) is 0 Å². The van der Waals surface area contributed by atoms with Crippen LogP contribution in [0, 0.1) is 11.6 Å². The topological polar surface area (TPSA) is 49.4 Å². The number of amides is 2. The van der Waals surface area contributed by atoms with Crippen LogP contribution in [0.25, 0.3) is 11.1 Å². The summed E-state index contributed by atoms with van der Waals surface area (Å²) in [6.45, 7) is 2.43. The Balaban J connectivity index is 1.72. The molecule has 1 aliphatic heterocycles. The first kappa shape index (κ1) is 18.0. The van der Waals surface area contributed by atoms with E-state index in [0.29, 0.717) is 24.9 Å². The number of carbonyl (C=O) groups excluding carboxylic acids is 2. The van der Waals surface area contributed by atoms with Gasteiger partial charge in [0.2, 0.25) is 12.3 Å². The second-order valence-electron chi connectivity index (χ2n) is 6.45. The largest absolute Gasteiger partial charge is 0.348 e. The molecule has 2 unspecified atom stereocenters. The Hall–Kier alpha value is -2.76. The van der Waals surface area contributed by atoms with Crippen molar-refractivity contribution in [2.75, 3.05) is 6.54 Å². The van der Waals surface area contributed by atoms with Gasteiger partial charge in [-0.25, -0.2) is 8.78 Å². The third kappa shape index (κ3) is 3.59. The smallest absolute Gasteiger partial charge is 0.243 e. The number of halogens is 2. The summed E-state index contributed by atoms with van der Waals surface area (Å²) in [6.07, 6.45) is 2.18. The molecule has 1 aliphatic rings. The lowest BCUT2D eigenvalue weighted by atomic mass is 10.0. The Labute approximate surface area is 150 Å². The predicted molar refractivity (Wildman–Crippen MR) is 94.1 cm³/mol. The van der Waals surface area contributed by atoms with Gasteiger partial charge in [0.15, 0.2) is 0 Å².